The van der Waals surface area contributed by atoms with E-state index >= 15 is 0 Å². The standard InChI is InChI=1S/C23H20ClN3O2S/c1-4-30-23-16(13-25)21(15-9-5-6-10-17(15)24)20(14(2)26-23)22(28)27-18-11-7-8-12-19(18)29-3/h5-12H,4H2,1-3H3,(H,27,28). The predicted molar refractivity (Wildman–Crippen MR) is 121 cm³/mol. The van der Waals surface area contributed by atoms with E-state index in [9.17, 15) is 10.1 Å². The summed E-state index contributed by atoms with van der Waals surface area (Å²) in [5.74, 6) is 0.897. The lowest BCUT2D eigenvalue weighted by Crippen LogP contribution is -2.17. The molecule has 0 aliphatic rings. The molecular formula is C23H20ClN3O2S. The fourth-order valence-electron chi connectivity index (χ4n) is 3.17. The van der Waals surface area contributed by atoms with Crippen molar-refractivity contribution in [3.8, 4) is 22.9 Å². The van der Waals surface area contributed by atoms with Crippen molar-refractivity contribution in [3.05, 3.63) is 70.4 Å². The number of aryl methyl sites for hydroxylation is 1. The van der Waals surface area contributed by atoms with Crippen LogP contribution in [0.4, 0.5) is 5.69 Å². The Kier molecular flexibility index (Phi) is 6.99. The minimum atomic E-state index is -0.385. The van der Waals surface area contributed by atoms with Crippen LogP contribution in [0, 0.1) is 18.3 Å². The van der Waals surface area contributed by atoms with Crippen LogP contribution in [-0.2, 0) is 0 Å². The first-order valence-electron chi connectivity index (χ1n) is 9.28. The molecule has 30 heavy (non-hydrogen) atoms. The van der Waals surface area contributed by atoms with Crippen molar-refractivity contribution in [2.45, 2.75) is 18.9 Å². The van der Waals surface area contributed by atoms with E-state index in [0.29, 0.717) is 49.4 Å². The molecule has 0 aliphatic heterocycles. The van der Waals surface area contributed by atoms with Crippen molar-refractivity contribution < 1.29 is 9.53 Å². The largest absolute Gasteiger partial charge is 0.495 e. The maximum Gasteiger partial charge on any atom is 0.258 e. The minimum absolute atomic E-state index is 0.311. The molecular weight excluding hydrogens is 418 g/mol. The number of pyridine rings is 1. The Labute approximate surface area is 185 Å². The number of nitrogens with one attached hydrogen (secondary N) is 1. The highest BCUT2D eigenvalue weighted by Crippen LogP contribution is 2.38. The van der Waals surface area contributed by atoms with Crippen LogP contribution in [0.5, 0.6) is 5.75 Å². The minimum Gasteiger partial charge on any atom is -0.495 e. The highest BCUT2D eigenvalue weighted by molar-refractivity contribution is 7.99. The molecule has 0 atom stereocenters. The summed E-state index contributed by atoms with van der Waals surface area (Å²) < 4.78 is 5.34. The number of amides is 1. The van der Waals surface area contributed by atoms with Gasteiger partial charge in [-0.3, -0.25) is 4.79 Å². The molecule has 1 amide bonds. The van der Waals surface area contributed by atoms with Gasteiger partial charge in [-0.05, 0) is 30.9 Å². The van der Waals surface area contributed by atoms with Crippen LogP contribution in [0.1, 0.15) is 28.5 Å². The molecule has 0 bridgehead atoms. The number of benzene rings is 2. The topological polar surface area (TPSA) is 75.0 Å². The zero-order chi connectivity index (χ0) is 21.7. The maximum atomic E-state index is 13.4. The summed E-state index contributed by atoms with van der Waals surface area (Å²) in [5, 5.41) is 13.9. The van der Waals surface area contributed by atoms with Gasteiger partial charge >= 0.3 is 0 Å². The van der Waals surface area contributed by atoms with Crippen LogP contribution in [-0.4, -0.2) is 23.8 Å². The van der Waals surface area contributed by atoms with Gasteiger partial charge in [0.05, 0.1) is 29.6 Å². The molecule has 1 heterocycles. The molecule has 7 heteroatoms. The average Bonchev–Trinajstić information content (AvgIpc) is 2.74. The molecule has 0 aliphatic carbocycles. The van der Waals surface area contributed by atoms with E-state index in [0.717, 1.165) is 5.75 Å². The Bertz CT molecular complexity index is 1140. The number of aromatic nitrogens is 1. The Morgan fingerprint density at radius 3 is 2.60 bits per heavy atom. The predicted octanol–water partition coefficient (Wildman–Crippen LogP) is 5.96. The molecule has 1 N–H and O–H groups in total. The number of methoxy groups -OCH3 is 1. The van der Waals surface area contributed by atoms with Crippen LogP contribution in [0.25, 0.3) is 11.1 Å². The summed E-state index contributed by atoms with van der Waals surface area (Å²) >= 11 is 7.92. The van der Waals surface area contributed by atoms with E-state index in [1.165, 1.54) is 18.9 Å². The maximum absolute atomic E-state index is 13.4. The molecule has 5 nitrogen and oxygen atoms in total. The van der Waals surface area contributed by atoms with Crippen LogP contribution < -0.4 is 10.1 Å². The summed E-state index contributed by atoms with van der Waals surface area (Å²) in [6, 6.07) is 16.6. The van der Waals surface area contributed by atoms with E-state index in [2.05, 4.69) is 16.4 Å². The summed E-state index contributed by atoms with van der Waals surface area (Å²) in [6.45, 7) is 3.75. The molecule has 0 radical (unpaired) electrons. The van der Waals surface area contributed by atoms with Crippen molar-refractivity contribution in [1.29, 1.82) is 5.26 Å². The smallest absolute Gasteiger partial charge is 0.258 e. The lowest BCUT2D eigenvalue weighted by Gasteiger charge is -2.18. The van der Waals surface area contributed by atoms with Gasteiger partial charge in [-0.15, -0.1) is 11.8 Å². The third-order valence-electron chi connectivity index (χ3n) is 4.46. The number of hydrogen-bond donors (Lipinski definition) is 1. The van der Waals surface area contributed by atoms with E-state index in [1.807, 2.05) is 25.1 Å². The lowest BCUT2D eigenvalue weighted by atomic mass is 9.94. The number of rotatable bonds is 6. The molecule has 0 spiro atoms. The lowest BCUT2D eigenvalue weighted by molar-refractivity contribution is 0.102. The second-order valence-corrected chi connectivity index (χ2v) is 7.97. The summed E-state index contributed by atoms with van der Waals surface area (Å²) in [4.78, 5) is 17.9. The second-order valence-electron chi connectivity index (χ2n) is 6.31. The van der Waals surface area contributed by atoms with Crippen molar-refractivity contribution in [2.75, 3.05) is 18.2 Å². The van der Waals surface area contributed by atoms with E-state index < -0.39 is 0 Å². The van der Waals surface area contributed by atoms with E-state index in [1.54, 1.807) is 37.3 Å². The van der Waals surface area contributed by atoms with Crippen molar-refractivity contribution in [1.82, 2.24) is 4.98 Å². The zero-order valence-corrected chi connectivity index (χ0v) is 18.4. The molecule has 1 aromatic heterocycles. The van der Waals surface area contributed by atoms with Gasteiger partial charge < -0.3 is 10.1 Å². The number of nitrogens with zero attached hydrogens (tertiary/aromatic N) is 2. The second kappa shape index (κ2) is 9.66. The Morgan fingerprint density at radius 2 is 1.93 bits per heavy atom. The van der Waals surface area contributed by atoms with Crippen LogP contribution >= 0.6 is 23.4 Å². The Hall–Kier alpha value is -3.01. The first-order valence-corrected chi connectivity index (χ1v) is 10.6. The van der Waals surface area contributed by atoms with Gasteiger partial charge in [-0.1, -0.05) is 48.9 Å². The van der Waals surface area contributed by atoms with Gasteiger partial charge in [0.25, 0.3) is 5.91 Å². The van der Waals surface area contributed by atoms with Crippen molar-refractivity contribution >= 4 is 35.0 Å². The number of anilines is 1. The van der Waals surface area contributed by atoms with Crippen LogP contribution in [0.2, 0.25) is 5.02 Å². The van der Waals surface area contributed by atoms with E-state index in [4.69, 9.17) is 16.3 Å². The van der Waals surface area contributed by atoms with E-state index in [-0.39, 0.29) is 5.91 Å². The van der Waals surface area contributed by atoms with Crippen molar-refractivity contribution in [3.63, 3.8) is 0 Å². The number of carbonyl (C=O) groups excluding carboxylic acids is 1. The number of nitriles is 1. The SMILES string of the molecule is CCSc1nc(C)c(C(=O)Nc2ccccc2OC)c(-c2ccccc2Cl)c1C#N. The number of para-hydroxylation sites is 2. The number of hydrogen-bond acceptors (Lipinski definition) is 5. The van der Waals surface area contributed by atoms with Gasteiger partial charge in [-0.25, -0.2) is 4.98 Å². The highest BCUT2D eigenvalue weighted by atomic mass is 35.5. The molecule has 152 valence electrons. The van der Waals surface area contributed by atoms with Gasteiger partial charge in [0.15, 0.2) is 0 Å². The third-order valence-corrected chi connectivity index (χ3v) is 5.65. The fourth-order valence-corrected chi connectivity index (χ4v) is 4.16. The van der Waals surface area contributed by atoms with Gasteiger partial charge in [0.1, 0.15) is 16.8 Å². The quantitative estimate of drug-likeness (QED) is 0.482. The van der Waals surface area contributed by atoms with Gasteiger partial charge in [-0.2, -0.15) is 5.26 Å². The molecule has 3 aromatic rings. The first-order chi connectivity index (χ1) is 14.5. The molecule has 0 saturated heterocycles. The van der Waals surface area contributed by atoms with Crippen molar-refractivity contribution in [2.24, 2.45) is 0 Å². The zero-order valence-electron chi connectivity index (χ0n) is 16.8. The monoisotopic (exact) mass is 437 g/mol. The molecule has 0 fully saturated rings. The van der Waals surface area contributed by atoms with Crippen LogP contribution in [0.15, 0.2) is 53.6 Å². The molecule has 3 rings (SSSR count). The number of thioether (sulfide) groups is 1. The normalized spacial score (nSPS) is 10.4. The third kappa shape index (κ3) is 4.28. The van der Waals surface area contributed by atoms with Gasteiger partial charge in [0.2, 0.25) is 0 Å². The van der Waals surface area contributed by atoms with Gasteiger partial charge in [0, 0.05) is 16.1 Å². The first kappa shape index (κ1) is 21.7. The molecule has 0 unspecified atom stereocenters. The molecule has 0 saturated carbocycles. The number of halogens is 1. The Balaban J connectivity index is 2.24. The number of ether oxygens (including phenoxy) is 1. The highest BCUT2D eigenvalue weighted by Gasteiger charge is 2.25. The number of carbonyl (C=O) groups is 1. The summed E-state index contributed by atoms with van der Waals surface area (Å²) in [7, 11) is 1.54. The Morgan fingerprint density at radius 1 is 1.23 bits per heavy atom. The molecule has 2 aromatic carbocycles. The average molecular weight is 438 g/mol. The van der Waals surface area contributed by atoms with Crippen LogP contribution in [0.3, 0.4) is 0 Å². The summed E-state index contributed by atoms with van der Waals surface area (Å²) in [6.07, 6.45) is 0. The fraction of sp³-hybridized carbons (Fsp3) is 0.174. The summed E-state index contributed by atoms with van der Waals surface area (Å²) in [5.41, 5.74) is 2.80.